The lowest BCUT2D eigenvalue weighted by Gasteiger charge is -2.24. The van der Waals surface area contributed by atoms with Crippen LogP contribution in [0.15, 0.2) is 18.2 Å². The van der Waals surface area contributed by atoms with Gasteiger partial charge in [0.1, 0.15) is 0 Å². The number of benzene rings is 1. The summed E-state index contributed by atoms with van der Waals surface area (Å²) in [6.45, 7) is 1.54. The highest BCUT2D eigenvalue weighted by molar-refractivity contribution is 6.31. The highest BCUT2D eigenvalue weighted by atomic mass is 35.5. The number of hydrogen-bond acceptors (Lipinski definition) is 4. The number of nitrogens with zero attached hydrogens (tertiary/aromatic N) is 2. The zero-order valence-electron chi connectivity index (χ0n) is 12.3. The van der Waals surface area contributed by atoms with Gasteiger partial charge in [-0.25, -0.2) is 0 Å². The highest BCUT2D eigenvalue weighted by Gasteiger charge is 2.28. The Hall–Kier alpha value is -1.37. The van der Waals surface area contributed by atoms with Gasteiger partial charge in [-0.2, -0.15) is 0 Å². The monoisotopic (exact) mass is 347 g/mol. The number of nitro groups is 1. The van der Waals surface area contributed by atoms with Crippen molar-refractivity contribution < 1.29 is 9.72 Å². The Morgan fingerprint density at radius 1 is 1.55 bits per heavy atom. The number of rotatable bonds is 5. The van der Waals surface area contributed by atoms with Gasteiger partial charge in [0.05, 0.1) is 16.4 Å². The molecule has 1 heterocycles. The van der Waals surface area contributed by atoms with E-state index in [1.54, 1.807) is 6.07 Å². The number of carbonyl (C=O) groups is 1. The molecule has 0 bridgehead atoms. The van der Waals surface area contributed by atoms with E-state index in [9.17, 15) is 14.9 Å². The quantitative estimate of drug-likeness (QED) is 0.655. The molecular formula is C14H19Cl2N3O3. The summed E-state index contributed by atoms with van der Waals surface area (Å²) in [7, 11) is 1.87. The zero-order chi connectivity index (χ0) is 15.4. The van der Waals surface area contributed by atoms with Gasteiger partial charge in [-0.1, -0.05) is 17.7 Å². The summed E-state index contributed by atoms with van der Waals surface area (Å²) in [5.41, 5.74) is 0.563. The molecule has 1 aromatic carbocycles. The van der Waals surface area contributed by atoms with E-state index in [4.69, 9.17) is 11.6 Å². The van der Waals surface area contributed by atoms with E-state index in [1.807, 2.05) is 11.9 Å². The van der Waals surface area contributed by atoms with Crippen molar-refractivity contribution in [1.29, 1.82) is 0 Å². The minimum Gasteiger partial charge on any atom is -0.338 e. The lowest BCUT2D eigenvalue weighted by Crippen LogP contribution is -2.41. The van der Waals surface area contributed by atoms with E-state index in [2.05, 4.69) is 5.32 Å². The molecule has 1 atom stereocenters. The molecule has 1 aliphatic heterocycles. The first kappa shape index (κ1) is 18.7. The molecule has 2 rings (SSSR count). The Kier molecular flexibility index (Phi) is 7.06. The van der Waals surface area contributed by atoms with Gasteiger partial charge >= 0.3 is 0 Å². The van der Waals surface area contributed by atoms with Crippen molar-refractivity contribution in [2.75, 3.05) is 20.1 Å². The topological polar surface area (TPSA) is 75.5 Å². The maximum atomic E-state index is 12.4. The zero-order valence-corrected chi connectivity index (χ0v) is 13.8. The molecule has 1 fully saturated rings. The van der Waals surface area contributed by atoms with Gasteiger partial charge in [-0.15, -0.1) is 12.4 Å². The number of likely N-dealkylation sites (tertiary alicyclic amines) is 1. The van der Waals surface area contributed by atoms with Crippen LogP contribution in [-0.4, -0.2) is 41.9 Å². The Morgan fingerprint density at radius 2 is 2.27 bits per heavy atom. The lowest BCUT2D eigenvalue weighted by molar-refractivity contribution is -0.384. The van der Waals surface area contributed by atoms with E-state index >= 15 is 0 Å². The van der Waals surface area contributed by atoms with Crippen LogP contribution in [0.25, 0.3) is 0 Å². The van der Waals surface area contributed by atoms with Crippen molar-refractivity contribution in [2.24, 2.45) is 0 Å². The molecule has 1 N–H and O–H groups in total. The van der Waals surface area contributed by atoms with Gasteiger partial charge in [0.25, 0.3) is 5.69 Å². The van der Waals surface area contributed by atoms with Gasteiger partial charge in [0.2, 0.25) is 5.91 Å². The van der Waals surface area contributed by atoms with Gasteiger partial charge in [-0.3, -0.25) is 14.9 Å². The standard InChI is InChI=1S/C14H18ClN3O3.ClH/c1-16-9-12-3-2-6-17(12)14(19)7-10-4-5-11(18(20)21)8-13(10)15;/h4-5,8,12,16H,2-3,6-7,9H2,1H3;1H. The average molecular weight is 348 g/mol. The smallest absolute Gasteiger partial charge is 0.270 e. The predicted octanol–water partition coefficient (Wildman–Crippen LogP) is 2.42. The van der Waals surface area contributed by atoms with E-state index in [0.29, 0.717) is 5.56 Å². The maximum Gasteiger partial charge on any atom is 0.270 e. The van der Waals surface area contributed by atoms with Crippen molar-refractivity contribution in [3.8, 4) is 0 Å². The Balaban J connectivity index is 0.00000242. The molecule has 0 spiro atoms. The van der Waals surface area contributed by atoms with E-state index < -0.39 is 4.92 Å². The molecule has 0 aliphatic carbocycles. The fourth-order valence-corrected chi connectivity index (χ4v) is 2.91. The van der Waals surface area contributed by atoms with Crippen LogP contribution in [0.5, 0.6) is 0 Å². The van der Waals surface area contributed by atoms with Crippen LogP contribution in [0.1, 0.15) is 18.4 Å². The first-order chi connectivity index (χ1) is 10.0. The van der Waals surface area contributed by atoms with Gasteiger partial charge in [0.15, 0.2) is 0 Å². The summed E-state index contributed by atoms with van der Waals surface area (Å²) in [6.07, 6.45) is 2.18. The Morgan fingerprint density at radius 3 is 2.86 bits per heavy atom. The number of carbonyl (C=O) groups excluding carboxylic acids is 1. The summed E-state index contributed by atoms with van der Waals surface area (Å²) in [6, 6.07) is 4.45. The van der Waals surface area contributed by atoms with Gasteiger partial charge in [0, 0.05) is 31.3 Å². The molecule has 122 valence electrons. The molecule has 6 nitrogen and oxygen atoms in total. The highest BCUT2D eigenvalue weighted by Crippen LogP contribution is 2.24. The van der Waals surface area contributed by atoms with Crippen LogP contribution in [0.2, 0.25) is 5.02 Å². The van der Waals surface area contributed by atoms with Crippen LogP contribution in [0.4, 0.5) is 5.69 Å². The molecule has 1 unspecified atom stereocenters. The number of amides is 1. The average Bonchev–Trinajstić information content (AvgIpc) is 2.89. The summed E-state index contributed by atoms with van der Waals surface area (Å²) in [4.78, 5) is 24.4. The van der Waals surface area contributed by atoms with Crippen molar-refractivity contribution in [1.82, 2.24) is 10.2 Å². The van der Waals surface area contributed by atoms with Gasteiger partial charge < -0.3 is 10.2 Å². The normalized spacial score (nSPS) is 17.2. The summed E-state index contributed by atoms with van der Waals surface area (Å²) in [5, 5.41) is 14.0. The number of hydrogen-bond donors (Lipinski definition) is 1. The molecule has 0 radical (unpaired) electrons. The van der Waals surface area contributed by atoms with Crippen LogP contribution >= 0.6 is 24.0 Å². The Bertz CT molecular complexity index is 554. The molecule has 8 heteroatoms. The second-order valence-corrected chi connectivity index (χ2v) is 5.56. The first-order valence-electron chi connectivity index (χ1n) is 6.90. The summed E-state index contributed by atoms with van der Waals surface area (Å²) in [5.74, 6) is 0.0171. The molecule has 1 aromatic rings. The van der Waals surface area contributed by atoms with Crippen molar-refractivity contribution in [3.63, 3.8) is 0 Å². The first-order valence-corrected chi connectivity index (χ1v) is 7.27. The van der Waals surface area contributed by atoms with Crippen LogP contribution in [-0.2, 0) is 11.2 Å². The molecule has 1 amide bonds. The fraction of sp³-hybridized carbons (Fsp3) is 0.500. The molecule has 22 heavy (non-hydrogen) atoms. The molecular weight excluding hydrogens is 329 g/mol. The third-order valence-electron chi connectivity index (χ3n) is 3.73. The van der Waals surface area contributed by atoms with Crippen molar-refractivity contribution in [3.05, 3.63) is 38.9 Å². The van der Waals surface area contributed by atoms with Crippen LogP contribution in [0, 0.1) is 10.1 Å². The van der Waals surface area contributed by atoms with E-state index in [-0.39, 0.29) is 41.5 Å². The largest absolute Gasteiger partial charge is 0.338 e. The second-order valence-electron chi connectivity index (χ2n) is 5.15. The van der Waals surface area contributed by atoms with E-state index in [0.717, 1.165) is 25.9 Å². The number of non-ortho nitro benzene ring substituents is 1. The number of likely N-dealkylation sites (N-methyl/N-ethyl adjacent to an activating group) is 1. The minimum absolute atomic E-state index is 0. The third kappa shape index (κ3) is 4.32. The number of halogens is 2. The fourth-order valence-electron chi connectivity index (χ4n) is 2.67. The maximum absolute atomic E-state index is 12.4. The van der Waals surface area contributed by atoms with Crippen LogP contribution in [0.3, 0.4) is 0 Å². The molecule has 0 aromatic heterocycles. The third-order valence-corrected chi connectivity index (χ3v) is 4.08. The molecule has 0 saturated carbocycles. The minimum atomic E-state index is -0.499. The number of nitrogens with one attached hydrogen (secondary N) is 1. The van der Waals surface area contributed by atoms with E-state index in [1.165, 1.54) is 12.1 Å². The second kappa shape index (κ2) is 8.31. The SMILES string of the molecule is CNCC1CCCN1C(=O)Cc1ccc([N+](=O)[O-])cc1Cl.Cl. The summed E-state index contributed by atoms with van der Waals surface area (Å²) >= 11 is 6.03. The Labute approximate surface area is 140 Å². The van der Waals surface area contributed by atoms with Gasteiger partial charge in [-0.05, 0) is 25.5 Å². The number of nitro benzene ring substituents is 1. The lowest BCUT2D eigenvalue weighted by atomic mass is 10.1. The van der Waals surface area contributed by atoms with Crippen LogP contribution < -0.4 is 5.32 Å². The predicted molar refractivity (Wildman–Crippen MR) is 87.7 cm³/mol. The van der Waals surface area contributed by atoms with Crippen molar-refractivity contribution >= 4 is 35.6 Å². The molecule has 1 saturated heterocycles. The summed E-state index contributed by atoms with van der Waals surface area (Å²) < 4.78 is 0. The molecule has 1 aliphatic rings. The van der Waals surface area contributed by atoms with Crippen molar-refractivity contribution in [2.45, 2.75) is 25.3 Å².